The Morgan fingerprint density at radius 2 is 1.88 bits per heavy atom. The van der Waals surface area contributed by atoms with Crippen LogP contribution in [0.4, 0.5) is 0 Å². The number of amides is 1. The molecule has 1 heterocycles. The molecule has 33 heavy (non-hydrogen) atoms. The highest BCUT2D eigenvalue weighted by Crippen LogP contribution is 2.28. The van der Waals surface area contributed by atoms with Gasteiger partial charge in [-0.25, -0.2) is 9.10 Å². The first-order valence-electron chi connectivity index (χ1n) is 11.2. The number of benzene rings is 2. The van der Waals surface area contributed by atoms with Crippen LogP contribution in [-0.2, 0) is 4.79 Å². The number of hydrogen-bond acceptors (Lipinski definition) is 5. The van der Waals surface area contributed by atoms with Crippen LogP contribution < -0.4 is 10.1 Å². The van der Waals surface area contributed by atoms with Crippen molar-refractivity contribution in [2.75, 3.05) is 19.7 Å². The molecule has 0 bridgehead atoms. The average Bonchev–Trinajstić information content (AvgIpc) is 2.79. The second-order valence-electron chi connectivity index (χ2n) is 8.89. The third-order valence-electron chi connectivity index (χ3n) is 5.75. The van der Waals surface area contributed by atoms with Gasteiger partial charge in [0.2, 0.25) is 5.91 Å². The first-order chi connectivity index (χ1) is 15.7. The SMILES string of the molecule is CC(C)(CCCOc1ccc(Cl)cc1)C(=O)NC1CCN(Sc2cccc(C(=O)O)c2)CC1. The number of carboxylic acids is 1. The zero-order valence-electron chi connectivity index (χ0n) is 19.1. The lowest BCUT2D eigenvalue weighted by atomic mass is 9.86. The predicted molar refractivity (Wildman–Crippen MR) is 132 cm³/mol. The molecule has 0 radical (unpaired) electrons. The van der Waals surface area contributed by atoms with Gasteiger partial charge in [-0.1, -0.05) is 31.5 Å². The zero-order valence-corrected chi connectivity index (χ0v) is 20.6. The van der Waals surface area contributed by atoms with Gasteiger partial charge < -0.3 is 15.2 Å². The van der Waals surface area contributed by atoms with Gasteiger partial charge in [0.1, 0.15) is 5.75 Å². The van der Waals surface area contributed by atoms with Crippen molar-refractivity contribution in [2.24, 2.45) is 5.41 Å². The van der Waals surface area contributed by atoms with Crippen molar-refractivity contribution in [1.29, 1.82) is 0 Å². The van der Waals surface area contributed by atoms with Crippen LogP contribution in [0.2, 0.25) is 5.02 Å². The van der Waals surface area contributed by atoms with Gasteiger partial charge >= 0.3 is 5.97 Å². The Labute approximate surface area is 204 Å². The molecule has 178 valence electrons. The summed E-state index contributed by atoms with van der Waals surface area (Å²) in [5.74, 6) is -0.0618. The fourth-order valence-electron chi connectivity index (χ4n) is 3.66. The van der Waals surface area contributed by atoms with Gasteiger partial charge in [0.05, 0.1) is 12.2 Å². The van der Waals surface area contributed by atoms with E-state index in [2.05, 4.69) is 9.62 Å². The normalized spacial score (nSPS) is 15.2. The summed E-state index contributed by atoms with van der Waals surface area (Å²) in [6, 6.07) is 14.4. The van der Waals surface area contributed by atoms with Crippen LogP contribution in [-0.4, -0.2) is 47.0 Å². The molecule has 3 rings (SSSR count). The van der Waals surface area contributed by atoms with Crippen LogP contribution in [0.5, 0.6) is 5.75 Å². The van der Waals surface area contributed by atoms with E-state index < -0.39 is 11.4 Å². The number of rotatable bonds is 10. The molecule has 0 aromatic heterocycles. The van der Waals surface area contributed by atoms with E-state index >= 15 is 0 Å². The molecule has 2 N–H and O–H groups in total. The molecule has 0 saturated carbocycles. The van der Waals surface area contributed by atoms with E-state index in [9.17, 15) is 9.59 Å². The molecule has 6 nitrogen and oxygen atoms in total. The lowest BCUT2D eigenvalue weighted by Gasteiger charge is -2.33. The Hall–Kier alpha value is -2.22. The van der Waals surface area contributed by atoms with Gasteiger partial charge in [-0.3, -0.25) is 4.79 Å². The first-order valence-corrected chi connectivity index (χ1v) is 12.3. The van der Waals surface area contributed by atoms with Crippen molar-refractivity contribution < 1.29 is 19.4 Å². The second kappa shape index (κ2) is 11.8. The molecule has 1 amide bonds. The molecule has 0 spiro atoms. The third-order valence-corrected chi connectivity index (χ3v) is 7.09. The van der Waals surface area contributed by atoms with Gasteiger partial charge in [0, 0.05) is 34.5 Å². The maximum absolute atomic E-state index is 12.9. The number of carbonyl (C=O) groups excluding carboxylic acids is 1. The largest absolute Gasteiger partial charge is 0.494 e. The summed E-state index contributed by atoms with van der Waals surface area (Å²) in [4.78, 5) is 24.9. The maximum atomic E-state index is 12.9. The van der Waals surface area contributed by atoms with Crippen LogP contribution in [0.15, 0.2) is 53.4 Å². The Bertz CT molecular complexity index is 944. The van der Waals surface area contributed by atoms with Crippen molar-refractivity contribution in [2.45, 2.75) is 50.5 Å². The van der Waals surface area contributed by atoms with Gasteiger partial charge in [0.15, 0.2) is 0 Å². The highest BCUT2D eigenvalue weighted by Gasteiger charge is 2.30. The summed E-state index contributed by atoms with van der Waals surface area (Å²) in [5, 5.41) is 13.1. The van der Waals surface area contributed by atoms with Crippen LogP contribution in [0.25, 0.3) is 0 Å². The monoisotopic (exact) mass is 490 g/mol. The minimum Gasteiger partial charge on any atom is -0.494 e. The summed E-state index contributed by atoms with van der Waals surface area (Å²) in [6.07, 6.45) is 3.26. The summed E-state index contributed by atoms with van der Waals surface area (Å²) in [5.41, 5.74) is -0.171. The molecule has 1 saturated heterocycles. The van der Waals surface area contributed by atoms with E-state index in [1.54, 1.807) is 42.3 Å². The van der Waals surface area contributed by atoms with Crippen LogP contribution >= 0.6 is 23.5 Å². The van der Waals surface area contributed by atoms with Gasteiger partial charge in [0.25, 0.3) is 0 Å². The summed E-state index contributed by atoms with van der Waals surface area (Å²) in [6.45, 7) is 6.18. The van der Waals surface area contributed by atoms with Gasteiger partial charge in [-0.2, -0.15) is 0 Å². The summed E-state index contributed by atoms with van der Waals surface area (Å²) < 4.78 is 7.96. The summed E-state index contributed by atoms with van der Waals surface area (Å²) in [7, 11) is 0. The molecule has 2 aromatic carbocycles. The molecule has 0 aliphatic carbocycles. The number of carbonyl (C=O) groups is 2. The molecule has 1 aliphatic heterocycles. The van der Waals surface area contributed by atoms with E-state index in [-0.39, 0.29) is 11.9 Å². The van der Waals surface area contributed by atoms with Crippen LogP contribution in [0, 0.1) is 5.41 Å². The number of carboxylic acid groups (broad SMARTS) is 1. The smallest absolute Gasteiger partial charge is 0.335 e. The fourth-order valence-corrected chi connectivity index (χ4v) is 4.79. The quantitative estimate of drug-likeness (QED) is 0.337. The Balaban J connectivity index is 1.38. The number of nitrogens with one attached hydrogen (secondary N) is 1. The Morgan fingerprint density at radius 3 is 2.55 bits per heavy atom. The number of aromatic carboxylic acids is 1. The van der Waals surface area contributed by atoms with E-state index in [1.807, 2.05) is 32.0 Å². The topological polar surface area (TPSA) is 78.9 Å². The lowest BCUT2D eigenvalue weighted by molar-refractivity contribution is -0.130. The van der Waals surface area contributed by atoms with E-state index in [4.69, 9.17) is 21.4 Å². The summed E-state index contributed by atoms with van der Waals surface area (Å²) >= 11 is 7.46. The van der Waals surface area contributed by atoms with E-state index in [1.165, 1.54) is 0 Å². The molecular weight excluding hydrogens is 460 g/mol. The Morgan fingerprint density at radius 1 is 1.18 bits per heavy atom. The molecule has 0 atom stereocenters. The van der Waals surface area contributed by atoms with Crippen LogP contribution in [0.3, 0.4) is 0 Å². The second-order valence-corrected chi connectivity index (χ2v) is 10.5. The van der Waals surface area contributed by atoms with Crippen LogP contribution in [0.1, 0.15) is 49.9 Å². The molecule has 8 heteroatoms. The number of halogens is 1. The lowest BCUT2D eigenvalue weighted by Crippen LogP contribution is -2.47. The fraction of sp³-hybridized carbons (Fsp3) is 0.440. The van der Waals surface area contributed by atoms with Crippen molar-refractivity contribution in [3.8, 4) is 5.75 Å². The minimum atomic E-state index is -0.918. The van der Waals surface area contributed by atoms with Crippen molar-refractivity contribution in [3.63, 3.8) is 0 Å². The average molecular weight is 491 g/mol. The molecule has 1 aliphatic rings. The molecule has 1 fully saturated rings. The maximum Gasteiger partial charge on any atom is 0.335 e. The first kappa shape index (κ1) is 25.4. The highest BCUT2D eigenvalue weighted by molar-refractivity contribution is 7.97. The number of piperidine rings is 1. The zero-order chi connectivity index (χ0) is 23.8. The number of hydrogen-bond donors (Lipinski definition) is 2. The number of ether oxygens (including phenoxy) is 1. The number of nitrogens with zero attached hydrogens (tertiary/aromatic N) is 1. The molecule has 0 unspecified atom stereocenters. The minimum absolute atomic E-state index is 0.0780. The Kier molecular flexibility index (Phi) is 9.06. The van der Waals surface area contributed by atoms with Gasteiger partial charge in [-0.05, 0) is 80.1 Å². The molecular formula is C25H31ClN2O4S. The third kappa shape index (κ3) is 7.95. The van der Waals surface area contributed by atoms with Crippen molar-refractivity contribution >= 4 is 35.4 Å². The molecule has 2 aromatic rings. The highest BCUT2D eigenvalue weighted by atomic mass is 35.5. The van der Waals surface area contributed by atoms with E-state index in [0.717, 1.165) is 49.4 Å². The van der Waals surface area contributed by atoms with Crippen molar-refractivity contribution in [3.05, 3.63) is 59.1 Å². The van der Waals surface area contributed by atoms with Gasteiger partial charge in [-0.15, -0.1) is 0 Å². The van der Waals surface area contributed by atoms with Crippen molar-refractivity contribution in [1.82, 2.24) is 9.62 Å². The van der Waals surface area contributed by atoms with E-state index in [0.29, 0.717) is 17.2 Å². The predicted octanol–water partition coefficient (Wildman–Crippen LogP) is 5.51. The standard InChI is InChI=1S/C25H31ClN2O4S/c1-25(2,13-4-16-32-21-9-7-19(26)8-10-21)24(31)27-20-11-14-28(15-12-20)33-22-6-3-5-18(17-22)23(29)30/h3,5-10,17,20H,4,11-16H2,1-2H3,(H,27,31)(H,29,30).